The molecule has 8 heteroatoms. The molecule has 0 aromatic rings. The van der Waals surface area contributed by atoms with Crippen LogP contribution in [0.3, 0.4) is 0 Å². The maximum absolute atomic E-state index is 12.3. The normalized spacial score (nSPS) is 24.5. The summed E-state index contributed by atoms with van der Waals surface area (Å²) in [6, 6.07) is 0. The molecule has 0 bridgehead atoms. The molecule has 0 aliphatic carbocycles. The number of aliphatic carboxylic acids is 1. The van der Waals surface area contributed by atoms with Gasteiger partial charge >= 0.3 is 5.97 Å². The van der Waals surface area contributed by atoms with Gasteiger partial charge in [-0.3, -0.25) is 14.4 Å². The zero-order valence-electron chi connectivity index (χ0n) is 14.7. The zero-order chi connectivity index (χ0) is 18.1. The lowest BCUT2D eigenvalue weighted by atomic mass is 9.89. The van der Waals surface area contributed by atoms with E-state index < -0.39 is 5.97 Å². The van der Waals surface area contributed by atoms with Gasteiger partial charge in [-0.2, -0.15) is 0 Å². The van der Waals surface area contributed by atoms with Gasteiger partial charge in [0.25, 0.3) is 0 Å². The Morgan fingerprint density at radius 2 is 1.52 bits per heavy atom. The fourth-order valence-electron chi connectivity index (χ4n) is 3.49. The topological polar surface area (TPSA) is 120 Å². The van der Waals surface area contributed by atoms with Crippen molar-refractivity contribution >= 4 is 17.8 Å². The molecular weight excluding hydrogens is 324 g/mol. The average Bonchev–Trinajstić information content (AvgIpc) is 2.62. The van der Waals surface area contributed by atoms with Crippen LogP contribution < -0.4 is 21.3 Å². The summed E-state index contributed by atoms with van der Waals surface area (Å²) in [5.74, 6) is -0.933. The number of carbonyl (C=O) groups is 3. The van der Waals surface area contributed by atoms with E-state index in [0.717, 1.165) is 19.5 Å². The van der Waals surface area contributed by atoms with Crippen molar-refractivity contribution in [1.29, 1.82) is 0 Å². The molecule has 2 rings (SSSR count). The van der Waals surface area contributed by atoms with Crippen LogP contribution in [-0.4, -0.2) is 62.2 Å². The summed E-state index contributed by atoms with van der Waals surface area (Å²) >= 11 is 0. The van der Waals surface area contributed by atoms with Gasteiger partial charge in [0.2, 0.25) is 11.8 Å². The van der Waals surface area contributed by atoms with E-state index in [1.807, 2.05) is 0 Å². The first kappa shape index (κ1) is 19.7. The summed E-state index contributed by atoms with van der Waals surface area (Å²) < 4.78 is 0. The molecule has 2 atom stereocenters. The number of carboxylic acids is 1. The number of hydrogen-bond acceptors (Lipinski definition) is 5. The van der Waals surface area contributed by atoms with Crippen molar-refractivity contribution in [2.45, 2.75) is 32.1 Å². The van der Waals surface area contributed by atoms with Gasteiger partial charge in [0.05, 0.1) is 18.3 Å². The minimum absolute atomic E-state index is 0.00414. The van der Waals surface area contributed by atoms with E-state index in [2.05, 4.69) is 21.3 Å². The van der Waals surface area contributed by atoms with Crippen LogP contribution in [0.2, 0.25) is 0 Å². The van der Waals surface area contributed by atoms with Crippen molar-refractivity contribution in [2.24, 2.45) is 17.8 Å². The minimum atomic E-state index is -0.937. The van der Waals surface area contributed by atoms with Crippen LogP contribution in [0.1, 0.15) is 32.1 Å². The molecule has 25 heavy (non-hydrogen) atoms. The molecule has 5 N–H and O–H groups in total. The van der Waals surface area contributed by atoms with Crippen molar-refractivity contribution in [2.75, 3.05) is 39.3 Å². The highest BCUT2D eigenvalue weighted by molar-refractivity contribution is 5.83. The number of amides is 2. The van der Waals surface area contributed by atoms with Gasteiger partial charge in [-0.15, -0.1) is 0 Å². The molecule has 142 valence electrons. The maximum Gasteiger partial charge on any atom is 0.305 e. The van der Waals surface area contributed by atoms with Crippen LogP contribution >= 0.6 is 0 Å². The Morgan fingerprint density at radius 1 is 0.920 bits per heavy atom. The minimum Gasteiger partial charge on any atom is -0.481 e. The van der Waals surface area contributed by atoms with Gasteiger partial charge < -0.3 is 26.4 Å². The monoisotopic (exact) mass is 354 g/mol. The molecule has 2 heterocycles. The second kappa shape index (κ2) is 10.4. The molecule has 0 aromatic heterocycles. The quantitative estimate of drug-likeness (QED) is 0.394. The van der Waals surface area contributed by atoms with Crippen LogP contribution in [-0.2, 0) is 14.4 Å². The van der Waals surface area contributed by atoms with E-state index in [4.69, 9.17) is 5.11 Å². The van der Waals surface area contributed by atoms with Crippen LogP contribution in [0.4, 0.5) is 0 Å². The molecule has 8 nitrogen and oxygen atoms in total. The highest BCUT2D eigenvalue weighted by Crippen LogP contribution is 2.18. The molecule has 0 radical (unpaired) electrons. The fourth-order valence-corrected chi connectivity index (χ4v) is 3.49. The molecule has 2 fully saturated rings. The predicted octanol–water partition coefficient (Wildman–Crippen LogP) is -0.691. The molecule has 2 saturated heterocycles. The van der Waals surface area contributed by atoms with Gasteiger partial charge in [-0.1, -0.05) is 0 Å². The third-order valence-corrected chi connectivity index (χ3v) is 5.04. The number of carbonyl (C=O) groups excluding carboxylic acids is 2. The maximum atomic E-state index is 12.3. The summed E-state index contributed by atoms with van der Waals surface area (Å²) in [5.41, 5.74) is 0. The smallest absolute Gasteiger partial charge is 0.305 e. The van der Waals surface area contributed by atoms with Crippen molar-refractivity contribution in [3.63, 3.8) is 0 Å². The second-order valence-corrected chi connectivity index (χ2v) is 7.00. The molecule has 2 aliphatic heterocycles. The number of hydrogen-bond donors (Lipinski definition) is 5. The lowest BCUT2D eigenvalue weighted by Gasteiger charge is -2.29. The van der Waals surface area contributed by atoms with Gasteiger partial charge in [0.15, 0.2) is 0 Å². The summed E-state index contributed by atoms with van der Waals surface area (Å²) in [6.45, 7) is 4.04. The van der Waals surface area contributed by atoms with Crippen LogP contribution in [0.25, 0.3) is 0 Å². The van der Waals surface area contributed by atoms with Crippen LogP contribution in [0.5, 0.6) is 0 Å². The standard InChI is InChI=1S/C17H30N4O4/c22-15(23)4-8-21-17(25)14-9-13(10-19-11-14)16(24)20-7-3-12-1-5-18-6-2-12/h12-14,18-19H,1-11H2,(H,20,24)(H,21,25)(H,22,23). The molecule has 0 saturated carbocycles. The lowest BCUT2D eigenvalue weighted by Crippen LogP contribution is -2.48. The van der Waals surface area contributed by atoms with Crippen LogP contribution in [0, 0.1) is 17.8 Å². The van der Waals surface area contributed by atoms with Crippen molar-refractivity contribution in [3.05, 3.63) is 0 Å². The Labute approximate surface area is 148 Å². The van der Waals surface area contributed by atoms with Crippen molar-refractivity contribution in [1.82, 2.24) is 21.3 Å². The van der Waals surface area contributed by atoms with Crippen molar-refractivity contribution in [3.8, 4) is 0 Å². The molecule has 2 amide bonds. The number of rotatable bonds is 8. The number of carboxylic acid groups (broad SMARTS) is 1. The first-order valence-electron chi connectivity index (χ1n) is 9.25. The van der Waals surface area contributed by atoms with Gasteiger partial charge in [0.1, 0.15) is 0 Å². The Kier molecular flexibility index (Phi) is 8.14. The second-order valence-electron chi connectivity index (χ2n) is 7.00. The Hall–Kier alpha value is -1.67. The molecule has 2 unspecified atom stereocenters. The molecule has 2 aliphatic rings. The van der Waals surface area contributed by atoms with Gasteiger partial charge in [-0.25, -0.2) is 0 Å². The predicted molar refractivity (Wildman–Crippen MR) is 92.9 cm³/mol. The van der Waals surface area contributed by atoms with E-state index in [1.54, 1.807) is 0 Å². The average molecular weight is 354 g/mol. The van der Waals surface area contributed by atoms with E-state index in [9.17, 15) is 14.4 Å². The highest BCUT2D eigenvalue weighted by Gasteiger charge is 2.30. The summed E-state index contributed by atoms with van der Waals surface area (Å²) in [6.07, 6.45) is 3.75. The summed E-state index contributed by atoms with van der Waals surface area (Å²) in [5, 5.41) is 20.7. The van der Waals surface area contributed by atoms with Crippen molar-refractivity contribution < 1.29 is 19.5 Å². The molecular formula is C17H30N4O4. The third-order valence-electron chi connectivity index (χ3n) is 5.04. The summed E-state index contributed by atoms with van der Waals surface area (Å²) in [7, 11) is 0. The highest BCUT2D eigenvalue weighted by atomic mass is 16.4. The van der Waals surface area contributed by atoms with Crippen LogP contribution in [0.15, 0.2) is 0 Å². The van der Waals surface area contributed by atoms with Gasteiger partial charge in [0, 0.05) is 26.2 Å². The molecule has 0 aromatic carbocycles. The first-order valence-corrected chi connectivity index (χ1v) is 9.25. The largest absolute Gasteiger partial charge is 0.481 e. The Morgan fingerprint density at radius 3 is 2.12 bits per heavy atom. The Balaban J connectivity index is 1.67. The molecule has 0 spiro atoms. The lowest BCUT2D eigenvalue weighted by molar-refractivity contribution is -0.137. The van der Waals surface area contributed by atoms with E-state index in [-0.39, 0.29) is 36.6 Å². The van der Waals surface area contributed by atoms with E-state index in [0.29, 0.717) is 32.0 Å². The third kappa shape index (κ3) is 6.99. The van der Waals surface area contributed by atoms with E-state index in [1.165, 1.54) is 12.8 Å². The number of nitrogens with one attached hydrogen (secondary N) is 4. The van der Waals surface area contributed by atoms with E-state index >= 15 is 0 Å². The number of piperidine rings is 2. The summed E-state index contributed by atoms with van der Waals surface area (Å²) in [4.78, 5) is 34.9. The fraction of sp³-hybridized carbons (Fsp3) is 0.824. The first-order chi connectivity index (χ1) is 12.1. The zero-order valence-corrected chi connectivity index (χ0v) is 14.7. The van der Waals surface area contributed by atoms with Gasteiger partial charge in [-0.05, 0) is 44.7 Å². The SMILES string of the molecule is O=C(O)CCNC(=O)C1CNCC(C(=O)NCCC2CCNCC2)C1. The Bertz CT molecular complexity index is 466.